The van der Waals surface area contributed by atoms with Gasteiger partial charge in [0.1, 0.15) is 5.25 Å². The average molecular weight is 229 g/mol. The number of carbonyl (C=O) groups is 2. The molecule has 0 aromatic heterocycles. The van der Waals surface area contributed by atoms with Crippen molar-refractivity contribution in [3.63, 3.8) is 0 Å². The van der Waals surface area contributed by atoms with Gasteiger partial charge in [-0.05, 0) is 6.42 Å². The number of unbranched alkanes of at least 4 members (excludes halogenated alkanes) is 1. The number of amidine groups is 1. The van der Waals surface area contributed by atoms with Gasteiger partial charge in [-0.25, -0.2) is 0 Å². The van der Waals surface area contributed by atoms with Gasteiger partial charge in [0, 0.05) is 13.0 Å². The molecule has 0 aromatic carbocycles. The second-order valence-corrected chi connectivity index (χ2v) is 4.53. The fourth-order valence-corrected chi connectivity index (χ4v) is 2.00. The van der Waals surface area contributed by atoms with Crippen molar-refractivity contribution < 1.29 is 9.59 Å². The number of carbonyl (C=O) groups excluding carboxylic acids is 2. The topological polar surface area (TPSA) is 84.6 Å². The molecule has 0 unspecified atom stereocenters. The molecule has 15 heavy (non-hydrogen) atoms. The van der Waals surface area contributed by atoms with E-state index in [0.29, 0.717) is 6.54 Å². The summed E-state index contributed by atoms with van der Waals surface area (Å²) in [6, 6.07) is 0. The van der Waals surface area contributed by atoms with Crippen molar-refractivity contribution in [2.24, 2.45) is 10.7 Å². The molecule has 1 aliphatic rings. The zero-order valence-electron chi connectivity index (χ0n) is 8.66. The minimum atomic E-state index is -0.424. The van der Waals surface area contributed by atoms with Crippen LogP contribution in [0, 0.1) is 0 Å². The monoisotopic (exact) mass is 229 g/mol. The summed E-state index contributed by atoms with van der Waals surface area (Å²) in [5, 5.41) is 2.58. The highest BCUT2D eigenvalue weighted by atomic mass is 32.2. The van der Waals surface area contributed by atoms with E-state index >= 15 is 0 Å². The first-order valence-corrected chi connectivity index (χ1v) is 5.82. The van der Waals surface area contributed by atoms with Crippen molar-refractivity contribution in [2.45, 2.75) is 31.4 Å². The number of nitrogens with two attached hydrogens (primary N) is 1. The van der Waals surface area contributed by atoms with Crippen LogP contribution in [0.1, 0.15) is 26.2 Å². The maximum Gasteiger partial charge on any atom is 0.262 e. The zero-order valence-corrected chi connectivity index (χ0v) is 9.47. The summed E-state index contributed by atoms with van der Waals surface area (Å²) in [7, 11) is 0. The molecule has 1 atom stereocenters. The van der Waals surface area contributed by atoms with Crippen LogP contribution in [0.4, 0.5) is 0 Å². The lowest BCUT2D eigenvalue weighted by Gasteiger charge is -2.06. The smallest absolute Gasteiger partial charge is 0.262 e. The Bertz CT molecular complexity index is 291. The van der Waals surface area contributed by atoms with E-state index in [2.05, 4.69) is 17.2 Å². The number of nitrogens with zero attached hydrogens (tertiary/aromatic N) is 1. The highest BCUT2D eigenvalue weighted by molar-refractivity contribution is 8.15. The number of hydrogen-bond acceptors (Lipinski definition) is 4. The summed E-state index contributed by atoms with van der Waals surface area (Å²) >= 11 is 1.16. The van der Waals surface area contributed by atoms with Crippen LogP contribution < -0.4 is 11.1 Å². The molecule has 84 valence electrons. The van der Waals surface area contributed by atoms with Gasteiger partial charge >= 0.3 is 0 Å². The minimum Gasteiger partial charge on any atom is -0.378 e. The lowest BCUT2D eigenvalue weighted by atomic mass is 10.2. The van der Waals surface area contributed by atoms with Crippen LogP contribution in [0.15, 0.2) is 4.99 Å². The normalized spacial score (nSPS) is 20.2. The Morgan fingerprint density at radius 3 is 2.93 bits per heavy atom. The van der Waals surface area contributed by atoms with Gasteiger partial charge in [-0.2, -0.15) is 4.99 Å². The lowest BCUT2D eigenvalue weighted by Crippen LogP contribution is -2.29. The Morgan fingerprint density at radius 2 is 2.40 bits per heavy atom. The molecule has 5 nitrogen and oxygen atoms in total. The molecule has 6 heteroatoms. The fraction of sp³-hybridized carbons (Fsp3) is 0.667. The highest BCUT2D eigenvalue weighted by Crippen LogP contribution is 2.22. The molecule has 0 fully saturated rings. The van der Waals surface area contributed by atoms with E-state index in [9.17, 15) is 9.59 Å². The zero-order chi connectivity index (χ0) is 11.3. The van der Waals surface area contributed by atoms with E-state index in [-0.39, 0.29) is 23.4 Å². The molecule has 0 saturated heterocycles. The quantitative estimate of drug-likeness (QED) is 0.662. The minimum absolute atomic E-state index is 0.112. The van der Waals surface area contributed by atoms with Crippen molar-refractivity contribution in [2.75, 3.05) is 6.54 Å². The number of amides is 2. The molecule has 1 rings (SSSR count). The Balaban J connectivity index is 2.25. The molecular weight excluding hydrogens is 214 g/mol. The van der Waals surface area contributed by atoms with E-state index in [1.807, 2.05) is 0 Å². The first-order valence-electron chi connectivity index (χ1n) is 4.95. The van der Waals surface area contributed by atoms with Gasteiger partial charge in [0.25, 0.3) is 5.91 Å². The van der Waals surface area contributed by atoms with E-state index < -0.39 is 5.25 Å². The highest BCUT2D eigenvalue weighted by Gasteiger charge is 2.28. The van der Waals surface area contributed by atoms with Gasteiger partial charge in [0.2, 0.25) is 5.91 Å². The van der Waals surface area contributed by atoms with Gasteiger partial charge in [-0.1, -0.05) is 25.1 Å². The van der Waals surface area contributed by atoms with Gasteiger partial charge in [0.15, 0.2) is 5.17 Å². The largest absolute Gasteiger partial charge is 0.378 e. The van der Waals surface area contributed by atoms with Crippen molar-refractivity contribution in [3.05, 3.63) is 0 Å². The molecule has 0 bridgehead atoms. The summed E-state index contributed by atoms with van der Waals surface area (Å²) in [4.78, 5) is 26.1. The Hall–Kier alpha value is -1.04. The third-order valence-electron chi connectivity index (χ3n) is 1.98. The Labute approximate surface area is 92.9 Å². The molecule has 1 aliphatic heterocycles. The SMILES string of the molecule is CCCCNC(=O)C[C@@H]1SC(N)=NC1=O. The summed E-state index contributed by atoms with van der Waals surface area (Å²) < 4.78 is 0. The van der Waals surface area contributed by atoms with Crippen molar-refractivity contribution in [3.8, 4) is 0 Å². The molecule has 0 aliphatic carbocycles. The van der Waals surface area contributed by atoms with Crippen LogP contribution in [0.25, 0.3) is 0 Å². The van der Waals surface area contributed by atoms with Crippen molar-refractivity contribution in [1.82, 2.24) is 5.32 Å². The molecule has 2 amide bonds. The first kappa shape index (κ1) is 12.0. The summed E-state index contributed by atoms with van der Waals surface area (Å²) in [5.41, 5.74) is 5.37. The average Bonchev–Trinajstić information content (AvgIpc) is 2.45. The maximum atomic E-state index is 11.4. The molecule has 1 heterocycles. The Kier molecular flexibility index (Phi) is 4.61. The van der Waals surface area contributed by atoms with Crippen LogP contribution in [0.3, 0.4) is 0 Å². The number of nitrogens with one attached hydrogen (secondary N) is 1. The standard InChI is InChI=1S/C9H15N3O2S/c1-2-3-4-11-7(13)5-6-8(14)12-9(10)15-6/h6H,2-5H2,1H3,(H,11,13)(H2,10,12,14)/t6-/m0/s1. The number of hydrogen-bond donors (Lipinski definition) is 2. The van der Waals surface area contributed by atoms with Crippen molar-refractivity contribution >= 4 is 28.7 Å². The van der Waals surface area contributed by atoms with Crippen LogP contribution in [-0.2, 0) is 9.59 Å². The van der Waals surface area contributed by atoms with Crippen LogP contribution in [0.5, 0.6) is 0 Å². The van der Waals surface area contributed by atoms with E-state index in [1.54, 1.807) is 0 Å². The van der Waals surface area contributed by atoms with E-state index in [0.717, 1.165) is 24.6 Å². The van der Waals surface area contributed by atoms with Crippen LogP contribution in [0.2, 0.25) is 0 Å². The third-order valence-corrected chi connectivity index (χ3v) is 2.97. The first-order chi connectivity index (χ1) is 7.13. The second kappa shape index (κ2) is 5.75. The molecule has 0 spiro atoms. The van der Waals surface area contributed by atoms with E-state index in [1.165, 1.54) is 0 Å². The van der Waals surface area contributed by atoms with Gasteiger partial charge in [0.05, 0.1) is 0 Å². The van der Waals surface area contributed by atoms with Gasteiger partial charge in [-0.15, -0.1) is 0 Å². The maximum absolute atomic E-state index is 11.4. The van der Waals surface area contributed by atoms with Crippen LogP contribution >= 0.6 is 11.8 Å². The predicted molar refractivity (Wildman–Crippen MR) is 60.5 cm³/mol. The number of aliphatic imine (C=N–C) groups is 1. The lowest BCUT2D eigenvalue weighted by molar-refractivity contribution is -0.124. The number of thioether (sulfide) groups is 1. The summed E-state index contributed by atoms with van der Waals surface area (Å²) in [6.07, 6.45) is 2.15. The third kappa shape index (κ3) is 3.91. The predicted octanol–water partition coefficient (Wildman–Crippen LogP) is 0.249. The fourth-order valence-electron chi connectivity index (χ4n) is 1.18. The molecule has 0 saturated carbocycles. The second-order valence-electron chi connectivity index (χ2n) is 3.30. The van der Waals surface area contributed by atoms with Gasteiger partial charge in [-0.3, -0.25) is 9.59 Å². The van der Waals surface area contributed by atoms with Gasteiger partial charge < -0.3 is 11.1 Å². The molecule has 0 radical (unpaired) electrons. The molecule has 0 aromatic rings. The molecule has 3 N–H and O–H groups in total. The summed E-state index contributed by atoms with van der Waals surface area (Å²) in [6.45, 7) is 2.72. The van der Waals surface area contributed by atoms with E-state index in [4.69, 9.17) is 5.73 Å². The Morgan fingerprint density at radius 1 is 1.67 bits per heavy atom. The van der Waals surface area contributed by atoms with Crippen LogP contribution in [-0.4, -0.2) is 28.8 Å². The number of rotatable bonds is 5. The van der Waals surface area contributed by atoms with Crippen molar-refractivity contribution in [1.29, 1.82) is 0 Å². The molecular formula is C9H15N3O2S. The summed E-state index contributed by atoms with van der Waals surface area (Å²) in [5.74, 6) is -0.414.